The van der Waals surface area contributed by atoms with Crippen molar-refractivity contribution in [2.75, 3.05) is 0 Å². The highest BCUT2D eigenvalue weighted by Crippen LogP contribution is 2.52. The molecule has 1 aromatic carbocycles. The smallest absolute Gasteiger partial charge is 0.0464 e. The summed E-state index contributed by atoms with van der Waals surface area (Å²) >= 11 is 0. The molecule has 1 aromatic rings. The summed E-state index contributed by atoms with van der Waals surface area (Å²) in [6, 6.07) is 9.06. The molecule has 0 amide bonds. The summed E-state index contributed by atoms with van der Waals surface area (Å²) in [7, 11) is 0. The van der Waals surface area contributed by atoms with E-state index < -0.39 is 0 Å². The number of hydrogen-bond acceptors (Lipinski definition) is 1. The lowest BCUT2D eigenvalue weighted by Crippen LogP contribution is -2.42. The molecule has 1 heteroatoms. The van der Waals surface area contributed by atoms with Crippen LogP contribution in [0.15, 0.2) is 47.6 Å². The number of rotatable bonds is 12. The molecule has 0 N–H and O–H groups in total. The standard InChI is InChI=1S/C31H49N/c1-9-13-23-30(7,20-10-2)31(8,11-3)27-19-15-14-18-26(27)25(5)24-28(32-12-4)29(6)21-16-17-22-29/h12,14-15,18-19,24H,5,9-11,13,16-17,20-23H2,1-4,6-8H3/b28-24-,32-12?. The zero-order valence-electron chi connectivity index (χ0n) is 22.2. The van der Waals surface area contributed by atoms with E-state index in [9.17, 15) is 0 Å². The first-order chi connectivity index (χ1) is 15.2. The maximum atomic E-state index is 4.85. The Morgan fingerprint density at radius 3 is 2.28 bits per heavy atom. The zero-order chi connectivity index (χ0) is 23.8. The predicted molar refractivity (Wildman–Crippen MR) is 144 cm³/mol. The first kappa shape index (κ1) is 26.6. The first-order valence-electron chi connectivity index (χ1n) is 13.2. The van der Waals surface area contributed by atoms with Crippen molar-refractivity contribution in [1.82, 2.24) is 0 Å². The van der Waals surface area contributed by atoms with E-state index in [2.05, 4.69) is 78.5 Å². The molecular formula is C31H49N. The van der Waals surface area contributed by atoms with Crippen molar-refractivity contribution >= 4 is 11.8 Å². The Kier molecular flexibility index (Phi) is 9.55. The molecule has 0 saturated heterocycles. The third-order valence-electron chi connectivity index (χ3n) is 8.70. The highest BCUT2D eigenvalue weighted by Gasteiger charge is 2.44. The van der Waals surface area contributed by atoms with Gasteiger partial charge in [-0.2, -0.15) is 0 Å². The molecule has 32 heavy (non-hydrogen) atoms. The second-order valence-corrected chi connectivity index (χ2v) is 10.9. The second kappa shape index (κ2) is 11.5. The summed E-state index contributed by atoms with van der Waals surface area (Å²) in [5.74, 6) is 0. The number of allylic oxidation sites excluding steroid dienone is 3. The van der Waals surface area contributed by atoms with Crippen LogP contribution in [0.25, 0.3) is 5.57 Å². The average molecular weight is 436 g/mol. The predicted octanol–water partition coefficient (Wildman–Crippen LogP) is 9.92. The minimum absolute atomic E-state index is 0.108. The minimum Gasteiger partial charge on any atom is -0.265 e. The molecule has 0 aliphatic heterocycles. The van der Waals surface area contributed by atoms with Gasteiger partial charge in [-0.05, 0) is 72.6 Å². The molecule has 0 heterocycles. The summed E-state index contributed by atoms with van der Waals surface area (Å²) in [5, 5.41) is 0. The lowest BCUT2D eigenvalue weighted by molar-refractivity contribution is 0.114. The highest BCUT2D eigenvalue weighted by molar-refractivity contribution is 5.76. The fourth-order valence-electron chi connectivity index (χ4n) is 6.14. The van der Waals surface area contributed by atoms with Crippen LogP contribution in [0.5, 0.6) is 0 Å². The average Bonchev–Trinajstić information content (AvgIpc) is 3.24. The molecule has 0 aromatic heterocycles. The van der Waals surface area contributed by atoms with E-state index in [1.165, 1.54) is 74.6 Å². The van der Waals surface area contributed by atoms with Crippen LogP contribution < -0.4 is 0 Å². The fourth-order valence-corrected chi connectivity index (χ4v) is 6.14. The fraction of sp³-hybridized carbons (Fsp3) is 0.645. The summed E-state index contributed by atoms with van der Waals surface area (Å²) in [4.78, 5) is 4.85. The van der Waals surface area contributed by atoms with Crippen molar-refractivity contribution in [2.45, 2.75) is 118 Å². The van der Waals surface area contributed by atoms with Gasteiger partial charge in [-0.25, -0.2) is 0 Å². The molecule has 0 spiro atoms. The number of aliphatic imine (C=N–C) groups is 1. The van der Waals surface area contributed by atoms with Gasteiger partial charge in [0.05, 0.1) is 0 Å². The molecule has 1 aliphatic carbocycles. The van der Waals surface area contributed by atoms with Crippen molar-refractivity contribution in [3.8, 4) is 0 Å². The van der Waals surface area contributed by atoms with Gasteiger partial charge in [-0.15, -0.1) is 0 Å². The third kappa shape index (κ3) is 5.46. The van der Waals surface area contributed by atoms with Gasteiger partial charge in [0.25, 0.3) is 0 Å². The van der Waals surface area contributed by atoms with Crippen LogP contribution in [0.4, 0.5) is 0 Å². The number of hydrogen-bond donors (Lipinski definition) is 0. The lowest BCUT2D eigenvalue weighted by atomic mass is 9.56. The Hall–Kier alpha value is -1.63. The number of benzene rings is 1. The Bertz CT molecular complexity index is 808. The Morgan fingerprint density at radius 2 is 1.72 bits per heavy atom. The largest absolute Gasteiger partial charge is 0.265 e. The molecule has 2 unspecified atom stereocenters. The monoisotopic (exact) mass is 435 g/mol. The third-order valence-corrected chi connectivity index (χ3v) is 8.70. The van der Waals surface area contributed by atoms with Gasteiger partial charge in [0.2, 0.25) is 0 Å². The van der Waals surface area contributed by atoms with Crippen LogP contribution in [-0.2, 0) is 5.41 Å². The van der Waals surface area contributed by atoms with Crippen LogP contribution in [0.3, 0.4) is 0 Å². The van der Waals surface area contributed by atoms with Gasteiger partial charge in [-0.3, -0.25) is 4.99 Å². The minimum atomic E-state index is 0.108. The number of unbranched alkanes of at least 4 members (excludes halogenated alkanes) is 1. The van der Waals surface area contributed by atoms with Gasteiger partial charge in [0.15, 0.2) is 0 Å². The molecule has 1 nitrogen and oxygen atoms in total. The Morgan fingerprint density at radius 1 is 1.06 bits per heavy atom. The van der Waals surface area contributed by atoms with Gasteiger partial charge in [0.1, 0.15) is 0 Å². The van der Waals surface area contributed by atoms with Gasteiger partial charge < -0.3 is 0 Å². The zero-order valence-corrected chi connectivity index (χ0v) is 22.2. The first-order valence-corrected chi connectivity index (χ1v) is 13.2. The van der Waals surface area contributed by atoms with Crippen LogP contribution in [0.1, 0.15) is 124 Å². The molecule has 2 atom stereocenters. The molecule has 1 fully saturated rings. The van der Waals surface area contributed by atoms with Crippen LogP contribution in [-0.4, -0.2) is 6.21 Å². The topological polar surface area (TPSA) is 12.4 Å². The molecule has 1 saturated carbocycles. The van der Waals surface area contributed by atoms with Crippen LogP contribution in [0.2, 0.25) is 0 Å². The van der Waals surface area contributed by atoms with E-state index in [0.717, 1.165) is 12.0 Å². The van der Waals surface area contributed by atoms with Crippen molar-refractivity contribution in [3.05, 3.63) is 53.7 Å². The van der Waals surface area contributed by atoms with Crippen LogP contribution in [0, 0.1) is 10.8 Å². The molecular weight excluding hydrogens is 386 g/mol. The molecule has 0 radical (unpaired) electrons. The van der Waals surface area contributed by atoms with Gasteiger partial charge >= 0.3 is 0 Å². The lowest BCUT2D eigenvalue weighted by Gasteiger charge is -2.48. The van der Waals surface area contributed by atoms with E-state index in [1.54, 1.807) is 0 Å². The summed E-state index contributed by atoms with van der Waals surface area (Å²) in [6.07, 6.45) is 16.8. The van der Waals surface area contributed by atoms with E-state index >= 15 is 0 Å². The van der Waals surface area contributed by atoms with Crippen molar-refractivity contribution in [3.63, 3.8) is 0 Å². The normalized spacial score (nSPS) is 20.3. The Balaban J connectivity index is 2.57. The maximum Gasteiger partial charge on any atom is 0.0464 e. The van der Waals surface area contributed by atoms with Crippen molar-refractivity contribution < 1.29 is 0 Å². The summed E-state index contributed by atoms with van der Waals surface area (Å²) in [5.41, 5.74) is 5.65. The van der Waals surface area contributed by atoms with Gasteiger partial charge in [0, 0.05) is 17.3 Å². The Labute approximate surface area is 199 Å². The van der Waals surface area contributed by atoms with E-state index in [0.29, 0.717) is 0 Å². The maximum absolute atomic E-state index is 4.85. The summed E-state index contributed by atoms with van der Waals surface area (Å²) < 4.78 is 0. The SMILES string of the molecule is C=C(/C=C(\N=CC)C1(C)CCCC1)c1ccccc1C(C)(CC)C(C)(CCC)CCCC. The van der Waals surface area contributed by atoms with Crippen LogP contribution >= 0.6 is 0 Å². The van der Waals surface area contributed by atoms with E-state index in [1.807, 2.05) is 13.1 Å². The van der Waals surface area contributed by atoms with E-state index in [4.69, 9.17) is 4.99 Å². The quantitative estimate of drug-likeness (QED) is 0.229. The molecule has 1 aliphatic rings. The second-order valence-electron chi connectivity index (χ2n) is 10.9. The highest BCUT2D eigenvalue weighted by atomic mass is 14.8. The van der Waals surface area contributed by atoms with Gasteiger partial charge in [-0.1, -0.05) is 104 Å². The van der Waals surface area contributed by atoms with E-state index in [-0.39, 0.29) is 16.2 Å². The summed E-state index contributed by atoms with van der Waals surface area (Å²) in [6.45, 7) is 21.1. The molecule has 178 valence electrons. The number of nitrogens with zero attached hydrogens (tertiary/aromatic N) is 1. The van der Waals surface area contributed by atoms with Crippen molar-refractivity contribution in [1.29, 1.82) is 0 Å². The van der Waals surface area contributed by atoms with Crippen molar-refractivity contribution in [2.24, 2.45) is 15.8 Å². The molecule has 2 rings (SSSR count). The molecule has 0 bridgehead atoms.